The highest BCUT2D eigenvalue weighted by atomic mass is 35.5. The Kier molecular flexibility index (Phi) is 6.46. The third-order valence-electron chi connectivity index (χ3n) is 5.84. The molecule has 1 aromatic heterocycles. The van der Waals surface area contributed by atoms with Crippen molar-refractivity contribution in [3.8, 4) is 0 Å². The summed E-state index contributed by atoms with van der Waals surface area (Å²) in [6, 6.07) is 7.01. The Morgan fingerprint density at radius 2 is 1.97 bits per heavy atom. The lowest BCUT2D eigenvalue weighted by Crippen LogP contribution is -2.52. The lowest BCUT2D eigenvalue weighted by Gasteiger charge is -2.33. The number of sulfonamides is 1. The molecule has 158 valence electrons. The van der Waals surface area contributed by atoms with Crippen molar-refractivity contribution < 1.29 is 13.2 Å². The summed E-state index contributed by atoms with van der Waals surface area (Å²) in [5.41, 5.74) is 0. The summed E-state index contributed by atoms with van der Waals surface area (Å²) >= 11 is 7.21. The van der Waals surface area contributed by atoms with Gasteiger partial charge in [0.1, 0.15) is 4.21 Å². The zero-order valence-corrected chi connectivity index (χ0v) is 18.7. The number of halogens is 1. The molecule has 0 atom stereocenters. The van der Waals surface area contributed by atoms with Crippen molar-refractivity contribution in [3.63, 3.8) is 0 Å². The van der Waals surface area contributed by atoms with Gasteiger partial charge < -0.3 is 10.2 Å². The van der Waals surface area contributed by atoms with E-state index in [0.29, 0.717) is 18.1 Å². The molecule has 2 aliphatic rings. The van der Waals surface area contributed by atoms with E-state index in [1.54, 1.807) is 18.2 Å². The fraction of sp³-hybridized carbons (Fsp3) is 0.550. The minimum absolute atomic E-state index is 0.0787. The summed E-state index contributed by atoms with van der Waals surface area (Å²) < 4.78 is 28.5. The number of nitrogens with one attached hydrogen (secondary N) is 1. The van der Waals surface area contributed by atoms with Gasteiger partial charge in [0.2, 0.25) is 5.91 Å². The van der Waals surface area contributed by atoms with Crippen LogP contribution in [0.4, 0.5) is 0 Å². The van der Waals surface area contributed by atoms with Crippen molar-refractivity contribution in [3.05, 3.63) is 29.3 Å². The molecular formula is C20H26ClN3O3S2. The topological polar surface area (TPSA) is 69.7 Å². The molecule has 0 radical (unpaired) electrons. The van der Waals surface area contributed by atoms with Crippen LogP contribution in [0, 0.1) is 5.92 Å². The Morgan fingerprint density at radius 1 is 1.17 bits per heavy atom. The molecule has 3 heterocycles. The number of carbonyl (C=O) groups is 1. The maximum atomic E-state index is 13.0. The Labute approximate surface area is 180 Å². The highest BCUT2D eigenvalue weighted by Crippen LogP contribution is 2.33. The first kappa shape index (κ1) is 21.1. The SMILES string of the molecule is O=C1CN(S(=O)(=O)c2cc3ccc(Cl)cc3s2)CCN1CCCC1CCNCC1. The molecule has 1 N–H and O–H groups in total. The molecule has 2 aliphatic heterocycles. The van der Waals surface area contributed by atoms with Gasteiger partial charge in [-0.1, -0.05) is 17.7 Å². The molecule has 0 aliphatic carbocycles. The van der Waals surface area contributed by atoms with E-state index in [4.69, 9.17) is 11.6 Å². The van der Waals surface area contributed by atoms with Crippen LogP contribution in [0.5, 0.6) is 0 Å². The molecule has 1 aromatic carbocycles. The van der Waals surface area contributed by atoms with Gasteiger partial charge >= 0.3 is 0 Å². The summed E-state index contributed by atoms with van der Waals surface area (Å²) in [4.78, 5) is 14.4. The zero-order chi connectivity index (χ0) is 20.4. The van der Waals surface area contributed by atoms with Gasteiger partial charge in [-0.15, -0.1) is 11.3 Å². The normalized spacial score (nSPS) is 19.9. The number of fused-ring (bicyclic) bond motifs is 1. The van der Waals surface area contributed by atoms with E-state index < -0.39 is 10.0 Å². The van der Waals surface area contributed by atoms with Crippen LogP contribution >= 0.6 is 22.9 Å². The van der Waals surface area contributed by atoms with Crippen molar-refractivity contribution >= 4 is 49.0 Å². The van der Waals surface area contributed by atoms with Crippen molar-refractivity contribution in [2.75, 3.05) is 39.3 Å². The first-order chi connectivity index (χ1) is 13.9. The molecule has 4 rings (SSSR count). The van der Waals surface area contributed by atoms with Gasteiger partial charge in [0, 0.05) is 29.4 Å². The molecule has 2 saturated heterocycles. The summed E-state index contributed by atoms with van der Waals surface area (Å²) in [6.45, 7) is 3.62. The van der Waals surface area contributed by atoms with Crippen molar-refractivity contribution in [1.29, 1.82) is 0 Å². The minimum Gasteiger partial charge on any atom is -0.340 e. The van der Waals surface area contributed by atoms with Crippen molar-refractivity contribution in [2.24, 2.45) is 5.92 Å². The lowest BCUT2D eigenvalue weighted by atomic mass is 9.93. The largest absolute Gasteiger partial charge is 0.340 e. The van der Waals surface area contributed by atoms with E-state index in [-0.39, 0.29) is 16.7 Å². The molecule has 2 aromatic rings. The zero-order valence-electron chi connectivity index (χ0n) is 16.3. The Bertz CT molecular complexity index is 986. The predicted octanol–water partition coefficient (Wildman–Crippen LogP) is 3.17. The fourth-order valence-electron chi connectivity index (χ4n) is 4.10. The molecule has 0 bridgehead atoms. The fourth-order valence-corrected chi connectivity index (χ4v) is 7.31. The molecule has 6 nitrogen and oxygen atoms in total. The molecule has 2 fully saturated rings. The number of hydrogen-bond donors (Lipinski definition) is 1. The minimum atomic E-state index is -3.68. The highest BCUT2D eigenvalue weighted by Gasteiger charge is 2.33. The summed E-state index contributed by atoms with van der Waals surface area (Å²) in [5.74, 6) is 0.642. The van der Waals surface area contributed by atoms with E-state index in [1.807, 2.05) is 11.0 Å². The molecule has 0 spiro atoms. The number of amides is 1. The van der Waals surface area contributed by atoms with Crippen LogP contribution in [0.1, 0.15) is 25.7 Å². The van der Waals surface area contributed by atoms with Crippen LogP contribution in [-0.4, -0.2) is 62.8 Å². The van der Waals surface area contributed by atoms with Crippen LogP contribution in [0.2, 0.25) is 5.02 Å². The summed E-state index contributed by atoms with van der Waals surface area (Å²) in [7, 11) is -3.68. The van der Waals surface area contributed by atoms with Crippen molar-refractivity contribution in [1.82, 2.24) is 14.5 Å². The van der Waals surface area contributed by atoms with Gasteiger partial charge in [0.25, 0.3) is 10.0 Å². The second-order valence-corrected chi connectivity index (χ2v) is 11.5. The second-order valence-electron chi connectivity index (χ2n) is 7.80. The van der Waals surface area contributed by atoms with E-state index in [0.717, 1.165) is 48.5 Å². The lowest BCUT2D eigenvalue weighted by molar-refractivity contribution is -0.134. The van der Waals surface area contributed by atoms with Crippen LogP contribution in [0.25, 0.3) is 10.1 Å². The Hall–Kier alpha value is -1.19. The van der Waals surface area contributed by atoms with Gasteiger partial charge in [0.15, 0.2) is 0 Å². The molecule has 1 amide bonds. The molecular weight excluding hydrogens is 430 g/mol. The van der Waals surface area contributed by atoms with Gasteiger partial charge in [-0.2, -0.15) is 4.31 Å². The standard InChI is InChI=1S/C20H26ClN3O3S2/c21-17-4-3-16-12-20(28-18(16)13-17)29(26,27)24-11-10-23(19(25)14-24)9-1-2-15-5-7-22-8-6-15/h3-4,12-13,15,22H,1-2,5-11,14H2. The maximum Gasteiger partial charge on any atom is 0.253 e. The molecule has 0 unspecified atom stereocenters. The first-order valence-electron chi connectivity index (χ1n) is 10.1. The Morgan fingerprint density at radius 3 is 2.72 bits per heavy atom. The third-order valence-corrected chi connectivity index (χ3v) is 9.46. The number of piperidine rings is 1. The number of carbonyl (C=O) groups excluding carboxylic acids is 1. The number of rotatable bonds is 6. The van der Waals surface area contributed by atoms with Crippen LogP contribution in [-0.2, 0) is 14.8 Å². The van der Waals surface area contributed by atoms with Gasteiger partial charge in [-0.3, -0.25) is 4.79 Å². The van der Waals surface area contributed by atoms with E-state index in [1.165, 1.54) is 28.5 Å². The summed E-state index contributed by atoms with van der Waals surface area (Å²) in [5, 5.41) is 4.80. The first-order valence-corrected chi connectivity index (χ1v) is 12.7. The van der Waals surface area contributed by atoms with Gasteiger partial charge in [0.05, 0.1) is 6.54 Å². The summed E-state index contributed by atoms with van der Waals surface area (Å²) in [6.07, 6.45) is 4.54. The van der Waals surface area contributed by atoms with Crippen LogP contribution < -0.4 is 5.32 Å². The second kappa shape index (κ2) is 8.89. The van der Waals surface area contributed by atoms with Gasteiger partial charge in [-0.05, 0) is 68.3 Å². The number of benzene rings is 1. The highest BCUT2D eigenvalue weighted by molar-refractivity contribution is 7.91. The van der Waals surface area contributed by atoms with Crippen LogP contribution in [0.3, 0.4) is 0 Å². The van der Waals surface area contributed by atoms with E-state index in [9.17, 15) is 13.2 Å². The van der Waals surface area contributed by atoms with Gasteiger partial charge in [-0.25, -0.2) is 8.42 Å². The van der Waals surface area contributed by atoms with Crippen molar-refractivity contribution in [2.45, 2.75) is 29.9 Å². The Balaban J connectivity index is 1.36. The molecule has 29 heavy (non-hydrogen) atoms. The van der Waals surface area contributed by atoms with E-state index >= 15 is 0 Å². The molecule has 9 heteroatoms. The number of piperazine rings is 1. The number of thiophene rings is 1. The number of nitrogens with zero attached hydrogens (tertiary/aromatic N) is 2. The van der Waals surface area contributed by atoms with Crippen LogP contribution in [0.15, 0.2) is 28.5 Å². The average Bonchev–Trinajstić information content (AvgIpc) is 3.14. The maximum absolute atomic E-state index is 13.0. The van der Waals surface area contributed by atoms with E-state index in [2.05, 4.69) is 5.32 Å². The quantitative estimate of drug-likeness (QED) is 0.726. The number of hydrogen-bond acceptors (Lipinski definition) is 5. The monoisotopic (exact) mass is 455 g/mol. The third kappa shape index (κ3) is 4.77. The smallest absolute Gasteiger partial charge is 0.253 e. The predicted molar refractivity (Wildman–Crippen MR) is 117 cm³/mol. The molecule has 0 saturated carbocycles. The average molecular weight is 456 g/mol.